The van der Waals surface area contributed by atoms with Gasteiger partial charge >= 0.3 is 6.15 Å². The van der Waals surface area contributed by atoms with E-state index >= 15 is 0 Å². The molecule has 0 unspecified atom stereocenters. The molecule has 5 aromatic rings. The van der Waals surface area contributed by atoms with E-state index < -0.39 is 0 Å². The number of carbonyl (C=O) groups is 1. The zero-order valence-electron chi connectivity index (χ0n) is 20.6. The van der Waals surface area contributed by atoms with E-state index in [4.69, 9.17) is 14.7 Å². The monoisotopic (exact) mass is 481 g/mol. The van der Waals surface area contributed by atoms with Crippen molar-refractivity contribution in [3.8, 4) is 0 Å². The summed E-state index contributed by atoms with van der Waals surface area (Å²) in [5.74, 6) is 0.0504. The molecule has 0 N–H and O–H groups in total. The average Bonchev–Trinajstić information content (AvgIpc) is 3.46. The Morgan fingerprint density at radius 2 is 1.81 bits per heavy atom. The number of hydrogen-bond donors (Lipinski definition) is 0. The number of fused-ring (bicyclic) bond motifs is 2. The van der Waals surface area contributed by atoms with Crippen molar-refractivity contribution in [3.63, 3.8) is 0 Å². The van der Waals surface area contributed by atoms with Crippen LogP contribution in [-0.2, 0) is 35.4 Å². The second kappa shape index (κ2) is 10.9. The number of aromatic nitrogens is 5. The summed E-state index contributed by atoms with van der Waals surface area (Å²) >= 11 is 0. The molecule has 0 aliphatic rings. The third-order valence-corrected chi connectivity index (χ3v) is 6.15. The van der Waals surface area contributed by atoms with Crippen LogP contribution in [0.2, 0.25) is 0 Å². The van der Waals surface area contributed by atoms with E-state index in [1.807, 2.05) is 64.7 Å². The summed E-state index contributed by atoms with van der Waals surface area (Å²) < 4.78 is 3.89. The molecule has 0 atom stereocenters. The van der Waals surface area contributed by atoms with E-state index in [1.165, 1.54) is 5.56 Å². The van der Waals surface area contributed by atoms with Gasteiger partial charge in [0.25, 0.3) is 0 Å². The summed E-state index contributed by atoms with van der Waals surface area (Å²) in [7, 11) is 0. The molecule has 1 aromatic carbocycles. The number of aryl methyl sites for hydroxylation is 3. The molecule has 0 aliphatic heterocycles. The number of hydrogen-bond acceptors (Lipinski definition) is 6. The number of benzene rings is 1. The molecule has 0 bridgehead atoms. The maximum Gasteiger partial charge on any atom is 0.373 e. The molecule has 8 heteroatoms. The summed E-state index contributed by atoms with van der Waals surface area (Å²) in [6, 6.07) is 16.2. The Morgan fingerprint density at radius 1 is 1.03 bits per heavy atom. The minimum absolute atomic E-state index is 0.0504. The second-order valence-corrected chi connectivity index (χ2v) is 8.48. The van der Waals surface area contributed by atoms with Crippen molar-refractivity contribution in [3.05, 3.63) is 94.8 Å². The normalized spacial score (nSPS) is 10.8. The lowest BCUT2D eigenvalue weighted by Gasteiger charge is -2.07. The predicted octanol–water partition coefficient (Wildman–Crippen LogP) is 4.40. The first-order valence-electron chi connectivity index (χ1n) is 11.9. The maximum atomic E-state index is 13.3. The lowest BCUT2D eigenvalue weighted by atomic mass is 10.0. The van der Waals surface area contributed by atoms with E-state index in [9.17, 15) is 4.79 Å². The van der Waals surface area contributed by atoms with Crippen LogP contribution >= 0.6 is 0 Å². The zero-order chi connectivity index (χ0) is 25.7. The summed E-state index contributed by atoms with van der Waals surface area (Å²) in [5.41, 5.74) is 7.63. The molecular formula is C28H27N5O3. The first kappa shape index (κ1) is 24.7. The van der Waals surface area contributed by atoms with Gasteiger partial charge in [-0.15, -0.1) is 0 Å². The minimum atomic E-state index is 0.0504. The largest absolute Gasteiger partial charge is 0.373 e. The quantitative estimate of drug-likeness (QED) is 0.320. The van der Waals surface area contributed by atoms with Gasteiger partial charge in [0, 0.05) is 23.7 Å². The van der Waals surface area contributed by atoms with E-state index in [-0.39, 0.29) is 11.9 Å². The van der Waals surface area contributed by atoms with Gasteiger partial charge in [-0.3, -0.25) is 18.9 Å². The number of ketones is 1. The third-order valence-electron chi connectivity index (χ3n) is 6.15. The van der Waals surface area contributed by atoms with Crippen molar-refractivity contribution in [1.82, 2.24) is 24.1 Å². The second-order valence-electron chi connectivity index (χ2n) is 8.48. The van der Waals surface area contributed by atoms with Crippen molar-refractivity contribution < 1.29 is 14.4 Å². The van der Waals surface area contributed by atoms with Crippen LogP contribution in [0.5, 0.6) is 0 Å². The van der Waals surface area contributed by atoms with Gasteiger partial charge in [-0.2, -0.15) is 14.7 Å². The highest BCUT2D eigenvalue weighted by molar-refractivity contribution is 5.99. The van der Waals surface area contributed by atoms with Crippen LogP contribution < -0.4 is 0 Å². The smallest absolute Gasteiger partial charge is 0.297 e. The number of Topliss-reactive ketones (excluding diaryl/α,β-unsaturated/α-hetero) is 1. The summed E-state index contributed by atoms with van der Waals surface area (Å²) in [6.45, 7) is 6.81. The number of nitrogens with zero attached hydrogens (tertiary/aromatic N) is 5. The molecule has 0 radical (unpaired) electrons. The van der Waals surface area contributed by atoms with Gasteiger partial charge in [0.05, 0.1) is 29.6 Å². The Morgan fingerprint density at radius 3 is 2.53 bits per heavy atom. The highest BCUT2D eigenvalue weighted by atomic mass is 16.2. The summed E-state index contributed by atoms with van der Waals surface area (Å²) in [6.07, 6.45) is 5.92. The topological polar surface area (TPSA) is 99.2 Å². The van der Waals surface area contributed by atoms with E-state index in [0.29, 0.717) is 18.7 Å². The molecule has 4 aromatic heterocycles. The van der Waals surface area contributed by atoms with Crippen LogP contribution in [0.1, 0.15) is 52.5 Å². The average molecular weight is 482 g/mol. The fraction of sp³-hybridized carbons (Fsp3) is 0.250. The van der Waals surface area contributed by atoms with Gasteiger partial charge in [-0.05, 0) is 61.2 Å². The molecular weight excluding hydrogens is 454 g/mol. The highest BCUT2D eigenvalue weighted by Gasteiger charge is 2.18. The Labute approximate surface area is 208 Å². The van der Waals surface area contributed by atoms with Gasteiger partial charge in [0.15, 0.2) is 5.78 Å². The van der Waals surface area contributed by atoms with Crippen LogP contribution in [0.25, 0.3) is 16.6 Å². The lowest BCUT2D eigenvalue weighted by Crippen LogP contribution is -2.08. The van der Waals surface area contributed by atoms with Gasteiger partial charge in [-0.25, -0.2) is 4.98 Å². The fourth-order valence-corrected chi connectivity index (χ4v) is 4.45. The molecule has 0 saturated heterocycles. The van der Waals surface area contributed by atoms with Crippen LogP contribution in [0.4, 0.5) is 0 Å². The van der Waals surface area contributed by atoms with E-state index in [1.54, 1.807) is 6.20 Å². The lowest BCUT2D eigenvalue weighted by molar-refractivity contribution is -0.191. The van der Waals surface area contributed by atoms with Crippen molar-refractivity contribution in [2.45, 2.75) is 46.6 Å². The molecule has 0 aliphatic carbocycles. The van der Waals surface area contributed by atoms with E-state index in [2.05, 4.69) is 29.9 Å². The number of imidazole rings is 1. The van der Waals surface area contributed by atoms with Crippen molar-refractivity contribution in [2.24, 2.45) is 0 Å². The molecule has 36 heavy (non-hydrogen) atoms. The molecule has 0 spiro atoms. The summed E-state index contributed by atoms with van der Waals surface area (Å²) in [5, 5.41) is 5.95. The zero-order valence-corrected chi connectivity index (χ0v) is 20.6. The van der Waals surface area contributed by atoms with E-state index in [0.717, 1.165) is 52.0 Å². The van der Waals surface area contributed by atoms with Crippen LogP contribution in [0, 0.1) is 6.92 Å². The Hall–Kier alpha value is -4.42. The van der Waals surface area contributed by atoms with Gasteiger partial charge < -0.3 is 0 Å². The van der Waals surface area contributed by atoms with Crippen LogP contribution in [0.3, 0.4) is 0 Å². The number of pyridine rings is 2. The van der Waals surface area contributed by atoms with Crippen molar-refractivity contribution >= 4 is 28.5 Å². The first-order valence-corrected chi connectivity index (χ1v) is 11.9. The third kappa shape index (κ3) is 4.99. The molecule has 182 valence electrons. The summed E-state index contributed by atoms with van der Waals surface area (Å²) in [4.78, 5) is 38.7. The Balaban J connectivity index is 0.000000967. The predicted molar refractivity (Wildman–Crippen MR) is 135 cm³/mol. The highest BCUT2D eigenvalue weighted by Crippen LogP contribution is 2.26. The molecule has 0 amide bonds. The maximum absolute atomic E-state index is 13.3. The molecule has 5 rings (SSSR count). The van der Waals surface area contributed by atoms with Crippen molar-refractivity contribution in [2.75, 3.05) is 0 Å². The SMILES string of the molecule is CCc1ccn2c(C(=O)Cc3cccc4c3c(CC)nn4Cc3cccc(C)n3)cnc2c1.O=C=O. The van der Waals surface area contributed by atoms with Crippen LogP contribution in [-0.4, -0.2) is 36.1 Å². The minimum Gasteiger partial charge on any atom is -0.297 e. The number of carbonyl (C=O) groups excluding carboxylic acids is 3. The standard InChI is InChI=1S/C27H27N5O.CO2/c1-4-19-12-13-31-24(16-28-26(31)14-19)25(33)15-20-9-7-11-23-27(20)22(5-2)30-32(23)17-21-10-6-8-18(3)29-21;2-1-3/h6-14,16H,4-5,15,17H2,1-3H3;. The van der Waals surface area contributed by atoms with Crippen LogP contribution in [0.15, 0.2) is 60.9 Å². The van der Waals surface area contributed by atoms with Gasteiger partial charge in [0.1, 0.15) is 11.3 Å². The fourth-order valence-electron chi connectivity index (χ4n) is 4.45. The van der Waals surface area contributed by atoms with Gasteiger partial charge in [-0.1, -0.05) is 32.0 Å². The first-order chi connectivity index (χ1) is 17.5. The number of rotatable bonds is 7. The molecule has 8 nitrogen and oxygen atoms in total. The molecule has 0 fully saturated rings. The van der Waals surface area contributed by atoms with Crippen molar-refractivity contribution in [1.29, 1.82) is 0 Å². The van der Waals surface area contributed by atoms with Gasteiger partial charge in [0.2, 0.25) is 0 Å². The Bertz CT molecular complexity index is 1580. The molecule has 0 saturated carbocycles. The Kier molecular flexibility index (Phi) is 7.47. The molecule has 4 heterocycles.